The molecule has 0 bridgehead atoms. The first-order valence-electron chi connectivity index (χ1n) is 6.33. The average molecular weight is 249 g/mol. The van der Waals surface area contributed by atoms with Crippen molar-refractivity contribution >= 4 is 11.8 Å². The Balaban J connectivity index is 2.32. The summed E-state index contributed by atoms with van der Waals surface area (Å²) < 4.78 is 1.96. The Morgan fingerprint density at radius 3 is 2.58 bits per heavy atom. The fourth-order valence-electron chi connectivity index (χ4n) is 2.46. The van der Waals surface area contributed by atoms with E-state index in [0.717, 1.165) is 28.5 Å². The fraction of sp³-hybridized carbons (Fsp3) is 0.118. The number of aldehydes is 1. The van der Waals surface area contributed by atoms with Gasteiger partial charge in [0, 0.05) is 17.3 Å². The molecule has 0 radical (unpaired) electrons. The second-order valence-corrected chi connectivity index (χ2v) is 4.93. The normalized spacial score (nSPS) is 10.8. The summed E-state index contributed by atoms with van der Waals surface area (Å²) in [5, 5.41) is 0. The molecule has 3 rings (SSSR count). The van der Waals surface area contributed by atoms with Crippen molar-refractivity contribution in [2.24, 2.45) is 0 Å². The maximum absolute atomic E-state index is 11.5. The SMILES string of the molecule is Cc1cccc(-c2cc3ccc(C)cn3c2C=O)c1. The van der Waals surface area contributed by atoms with Gasteiger partial charge in [-0.2, -0.15) is 0 Å². The molecule has 0 spiro atoms. The predicted octanol–water partition coefficient (Wildman–Crippen LogP) is 4.04. The lowest BCUT2D eigenvalue weighted by Crippen LogP contribution is -1.93. The van der Waals surface area contributed by atoms with Gasteiger partial charge in [0.05, 0.1) is 5.69 Å². The van der Waals surface area contributed by atoms with Crippen molar-refractivity contribution in [1.29, 1.82) is 0 Å². The third-order valence-corrected chi connectivity index (χ3v) is 3.40. The Morgan fingerprint density at radius 2 is 1.84 bits per heavy atom. The Kier molecular flexibility index (Phi) is 2.71. The molecule has 0 fully saturated rings. The highest BCUT2D eigenvalue weighted by molar-refractivity contribution is 5.90. The molecule has 2 heterocycles. The molecule has 3 aromatic rings. The van der Waals surface area contributed by atoms with E-state index in [1.54, 1.807) is 0 Å². The molecule has 0 amide bonds. The van der Waals surface area contributed by atoms with Gasteiger partial charge >= 0.3 is 0 Å². The van der Waals surface area contributed by atoms with Gasteiger partial charge in [-0.25, -0.2) is 0 Å². The van der Waals surface area contributed by atoms with Crippen molar-refractivity contribution < 1.29 is 4.79 Å². The molecule has 0 atom stereocenters. The first-order chi connectivity index (χ1) is 9.19. The molecular weight excluding hydrogens is 234 g/mol. The van der Waals surface area contributed by atoms with Gasteiger partial charge in [-0.3, -0.25) is 4.79 Å². The average Bonchev–Trinajstić information content (AvgIpc) is 2.76. The van der Waals surface area contributed by atoms with Crippen molar-refractivity contribution in [3.63, 3.8) is 0 Å². The van der Waals surface area contributed by atoms with Crippen molar-refractivity contribution in [2.75, 3.05) is 0 Å². The van der Waals surface area contributed by atoms with Crippen LogP contribution in [-0.4, -0.2) is 10.7 Å². The lowest BCUT2D eigenvalue weighted by Gasteiger charge is -2.02. The van der Waals surface area contributed by atoms with Crippen LogP contribution in [0.25, 0.3) is 16.6 Å². The van der Waals surface area contributed by atoms with Crippen LogP contribution in [0.4, 0.5) is 0 Å². The second kappa shape index (κ2) is 4.39. The molecule has 0 aliphatic heterocycles. The minimum Gasteiger partial charge on any atom is -0.313 e. The third-order valence-electron chi connectivity index (χ3n) is 3.40. The van der Waals surface area contributed by atoms with Gasteiger partial charge in [0.15, 0.2) is 6.29 Å². The highest BCUT2D eigenvalue weighted by atomic mass is 16.1. The summed E-state index contributed by atoms with van der Waals surface area (Å²) in [6, 6.07) is 14.4. The van der Waals surface area contributed by atoms with Crippen LogP contribution in [0.15, 0.2) is 48.7 Å². The fourth-order valence-corrected chi connectivity index (χ4v) is 2.46. The first-order valence-corrected chi connectivity index (χ1v) is 6.33. The summed E-state index contributed by atoms with van der Waals surface area (Å²) in [4.78, 5) is 11.5. The molecule has 0 saturated heterocycles. The molecule has 0 saturated carbocycles. The Bertz CT molecular complexity index is 768. The number of benzene rings is 1. The van der Waals surface area contributed by atoms with Gasteiger partial charge in [0.25, 0.3) is 0 Å². The predicted molar refractivity (Wildman–Crippen MR) is 77.7 cm³/mol. The number of hydrogen-bond acceptors (Lipinski definition) is 1. The molecule has 19 heavy (non-hydrogen) atoms. The standard InChI is InChI=1S/C17H15NO/c1-12-4-3-5-14(8-12)16-9-15-7-6-13(2)10-18(15)17(16)11-19/h3-11H,1-2H3. The smallest absolute Gasteiger partial charge is 0.167 e. The molecule has 0 N–H and O–H groups in total. The number of aromatic nitrogens is 1. The zero-order chi connectivity index (χ0) is 13.4. The van der Waals surface area contributed by atoms with Crippen LogP contribution in [0.5, 0.6) is 0 Å². The van der Waals surface area contributed by atoms with E-state index in [9.17, 15) is 4.79 Å². The zero-order valence-corrected chi connectivity index (χ0v) is 11.1. The minimum absolute atomic E-state index is 0.712. The maximum atomic E-state index is 11.5. The Morgan fingerprint density at radius 1 is 1.00 bits per heavy atom. The number of nitrogens with zero attached hydrogens (tertiary/aromatic N) is 1. The van der Waals surface area contributed by atoms with Gasteiger partial charge < -0.3 is 4.40 Å². The lowest BCUT2D eigenvalue weighted by atomic mass is 10.0. The molecule has 0 aliphatic rings. The van der Waals surface area contributed by atoms with E-state index in [2.05, 4.69) is 31.2 Å². The van der Waals surface area contributed by atoms with Gasteiger partial charge in [-0.05, 0) is 37.1 Å². The van der Waals surface area contributed by atoms with Crippen LogP contribution in [-0.2, 0) is 0 Å². The van der Waals surface area contributed by atoms with Crippen molar-refractivity contribution in [3.05, 3.63) is 65.5 Å². The molecule has 1 aromatic carbocycles. The number of carbonyl (C=O) groups excluding carboxylic acids is 1. The van der Waals surface area contributed by atoms with Crippen LogP contribution in [0.2, 0.25) is 0 Å². The number of hydrogen-bond donors (Lipinski definition) is 0. The van der Waals surface area contributed by atoms with E-state index in [1.165, 1.54) is 5.56 Å². The summed E-state index contributed by atoms with van der Waals surface area (Å²) in [5.41, 5.74) is 6.17. The van der Waals surface area contributed by atoms with Crippen LogP contribution in [0.1, 0.15) is 21.6 Å². The summed E-state index contributed by atoms with van der Waals surface area (Å²) in [7, 11) is 0. The number of carbonyl (C=O) groups is 1. The van der Waals surface area contributed by atoms with Gasteiger partial charge in [-0.1, -0.05) is 35.9 Å². The van der Waals surface area contributed by atoms with Crippen LogP contribution in [0, 0.1) is 13.8 Å². The van der Waals surface area contributed by atoms with Gasteiger partial charge in [-0.15, -0.1) is 0 Å². The van der Waals surface area contributed by atoms with E-state index in [0.29, 0.717) is 5.69 Å². The lowest BCUT2D eigenvalue weighted by molar-refractivity contribution is 0.111. The van der Waals surface area contributed by atoms with E-state index < -0.39 is 0 Å². The summed E-state index contributed by atoms with van der Waals surface area (Å²) in [6.07, 6.45) is 2.93. The highest BCUT2D eigenvalue weighted by Gasteiger charge is 2.11. The van der Waals surface area contributed by atoms with E-state index in [4.69, 9.17) is 0 Å². The van der Waals surface area contributed by atoms with Crippen LogP contribution in [0.3, 0.4) is 0 Å². The monoisotopic (exact) mass is 249 g/mol. The van der Waals surface area contributed by atoms with Crippen LogP contribution >= 0.6 is 0 Å². The number of fused-ring (bicyclic) bond motifs is 1. The topological polar surface area (TPSA) is 21.5 Å². The molecule has 2 nitrogen and oxygen atoms in total. The summed E-state index contributed by atoms with van der Waals surface area (Å²) in [6.45, 7) is 4.09. The summed E-state index contributed by atoms with van der Waals surface area (Å²) in [5.74, 6) is 0. The van der Waals surface area contributed by atoms with E-state index >= 15 is 0 Å². The molecule has 0 aliphatic carbocycles. The van der Waals surface area contributed by atoms with Crippen molar-refractivity contribution in [3.8, 4) is 11.1 Å². The minimum atomic E-state index is 0.712. The Hall–Kier alpha value is -2.35. The maximum Gasteiger partial charge on any atom is 0.167 e. The summed E-state index contributed by atoms with van der Waals surface area (Å²) >= 11 is 0. The van der Waals surface area contributed by atoms with E-state index in [1.807, 2.05) is 35.7 Å². The van der Waals surface area contributed by atoms with E-state index in [-0.39, 0.29) is 0 Å². The van der Waals surface area contributed by atoms with Gasteiger partial charge in [0.2, 0.25) is 0 Å². The van der Waals surface area contributed by atoms with Crippen LogP contribution < -0.4 is 0 Å². The Labute approximate surface area is 112 Å². The number of aryl methyl sites for hydroxylation is 2. The molecule has 94 valence electrons. The molecule has 2 aromatic heterocycles. The quantitative estimate of drug-likeness (QED) is 0.628. The number of rotatable bonds is 2. The zero-order valence-electron chi connectivity index (χ0n) is 11.1. The molecule has 2 heteroatoms. The molecular formula is C17H15NO. The van der Waals surface area contributed by atoms with Crippen molar-refractivity contribution in [2.45, 2.75) is 13.8 Å². The largest absolute Gasteiger partial charge is 0.313 e. The second-order valence-electron chi connectivity index (χ2n) is 4.93. The first kappa shape index (κ1) is 11.7. The molecule has 0 unspecified atom stereocenters. The number of pyridine rings is 1. The third kappa shape index (κ3) is 1.95. The van der Waals surface area contributed by atoms with Crippen molar-refractivity contribution in [1.82, 2.24) is 4.40 Å². The highest BCUT2D eigenvalue weighted by Crippen LogP contribution is 2.27. The van der Waals surface area contributed by atoms with Gasteiger partial charge in [0.1, 0.15) is 0 Å².